The zero-order valence-corrected chi connectivity index (χ0v) is 18.2. The van der Waals surface area contributed by atoms with Crippen molar-refractivity contribution in [3.63, 3.8) is 0 Å². The molecule has 1 saturated heterocycles. The number of benzene rings is 2. The number of carbonyl (C=O) groups excluding carboxylic acids is 2. The molecule has 1 aliphatic heterocycles. The Morgan fingerprint density at radius 1 is 1.14 bits per heavy atom. The summed E-state index contributed by atoms with van der Waals surface area (Å²) < 4.78 is 0. The zero-order valence-electron chi connectivity index (χ0n) is 17.4. The Morgan fingerprint density at radius 2 is 1.83 bits per heavy atom. The molecule has 0 aromatic heterocycles. The minimum absolute atomic E-state index is 0.221. The molecule has 0 saturated carbocycles. The van der Waals surface area contributed by atoms with Crippen molar-refractivity contribution in [1.29, 1.82) is 0 Å². The molecule has 1 heterocycles. The topological polar surface area (TPSA) is 52.7 Å². The van der Waals surface area contributed by atoms with Crippen LogP contribution in [-0.4, -0.2) is 35.5 Å². The molecule has 0 unspecified atom stereocenters. The molecule has 1 N–H and O–H groups in total. The number of urea groups is 1. The molecular weight excluding hydrogens is 386 g/mol. The molecule has 2 aromatic rings. The summed E-state index contributed by atoms with van der Waals surface area (Å²) in [6.07, 6.45) is 0.453. The highest BCUT2D eigenvalue weighted by molar-refractivity contribution is 6.30. The van der Waals surface area contributed by atoms with Crippen LogP contribution in [-0.2, 0) is 16.9 Å². The number of carbonyl (C=O) groups is 2. The molecule has 1 atom stereocenters. The van der Waals surface area contributed by atoms with Crippen molar-refractivity contribution < 1.29 is 9.59 Å². The van der Waals surface area contributed by atoms with Gasteiger partial charge in [-0.05, 0) is 48.2 Å². The quantitative estimate of drug-likeness (QED) is 0.669. The lowest BCUT2D eigenvalue weighted by molar-refractivity contribution is -0.133. The van der Waals surface area contributed by atoms with Gasteiger partial charge in [0.15, 0.2) is 0 Å². The van der Waals surface area contributed by atoms with E-state index in [1.807, 2.05) is 24.9 Å². The maximum Gasteiger partial charge on any atom is 0.326 e. The standard InChI is InChI=1S/C23H28ClN3O2/c1-5-23(19-7-6-8-20(24)13-19)21(28)27(22(29)25-23)15-26(4)14-17-9-11-18(12-10-17)16(2)3/h6-13,16H,5,14-15H2,1-4H3,(H,25,29)/t23-/m0/s1. The fourth-order valence-corrected chi connectivity index (χ4v) is 3.95. The SMILES string of the molecule is CC[C@@]1(c2cccc(Cl)c2)NC(=O)N(CN(C)Cc2ccc(C(C)C)cc2)C1=O. The number of imide groups is 1. The Hall–Kier alpha value is -2.37. The summed E-state index contributed by atoms with van der Waals surface area (Å²) in [5.74, 6) is 0.246. The number of hydrogen-bond acceptors (Lipinski definition) is 3. The summed E-state index contributed by atoms with van der Waals surface area (Å²) in [5.41, 5.74) is 2.07. The number of hydrogen-bond donors (Lipinski definition) is 1. The maximum atomic E-state index is 13.3. The second kappa shape index (κ2) is 8.56. The summed E-state index contributed by atoms with van der Waals surface area (Å²) in [5, 5.41) is 3.44. The van der Waals surface area contributed by atoms with Gasteiger partial charge in [-0.25, -0.2) is 9.69 Å². The first kappa shape index (κ1) is 21.3. The van der Waals surface area contributed by atoms with Crippen LogP contribution < -0.4 is 5.32 Å². The highest BCUT2D eigenvalue weighted by atomic mass is 35.5. The summed E-state index contributed by atoms with van der Waals surface area (Å²) >= 11 is 6.12. The lowest BCUT2D eigenvalue weighted by Gasteiger charge is -2.27. The highest BCUT2D eigenvalue weighted by Gasteiger charge is 2.51. The predicted octanol–water partition coefficient (Wildman–Crippen LogP) is 4.71. The zero-order chi connectivity index (χ0) is 21.2. The van der Waals surface area contributed by atoms with Gasteiger partial charge in [-0.1, -0.05) is 68.8 Å². The van der Waals surface area contributed by atoms with Crippen LogP contribution in [0.25, 0.3) is 0 Å². The molecule has 3 amide bonds. The molecule has 0 bridgehead atoms. The number of rotatable bonds is 7. The molecule has 1 aliphatic rings. The van der Waals surface area contributed by atoms with E-state index in [9.17, 15) is 9.59 Å². The van der Waals surface area contributed by atoms with Crippen molar-refractivity contribution in [1.82, 2.24) is 15.1 Å². The fraction of sp³-hybridized carbons (Fsp3) is 0.391. The Kier molecular flexibility index (Phi) is 6.30. The van der Waals surface area contributed by atoms with Gasteiger partial charge in [-0.15, -0.1) is 0 Å². The number of nitrogens with one attached hydrogen (secondary N) is 1. The van der Waals surface area contributed by atoms with Gasteiger partial charge in [0.05, 0.1) is 6.67 Å². The van der Waals surface area contributed by atoms with Crippen molar-refractivity contribution in [2.24, 2.45) is 0 Å². The summed E-state index contributed by atoms with van der Waals surface area (Å²) in [7, 11) is 1.91. The second-order valence-electron chi connectivity index (χ2n) is 7.98. The second-order valence-corrected chi connectivity index (χ2v) is 8.42. The summed E-state index contributed by atoms with van der Waals surface area (Å²) in [6.45, 7) is 7.09. The minimum atomic E-state index is -1.07. The van der Waals surface area contributed by atoms with Gasteiger partial charge in [0.1, 0.15) is 5.54 Å². The Morgan fingerprint density at radius 3 is 2.41 bits per heavy atom. The van der Waals surface area contributed by atoms with Crippen LogP contribution >= 0.6 is 11.6 Å². The van der Waals surface area contributed by atoms with Crippen LogP contribution in [0.15, 0.2) is 48.5 Å². The third-order valence-corrected chi connectivity index (χ3v) is 5.74. The summed E-state index contributed by atoms with van der Waals surface area (Å²) in [6, 6.07) is 15.2. The molecular formula is C23H28ClN3O2. The van der Waals surface area contributed by atoms with E-state index in [1.165, 1.54) is 10.5 Å². The van der Waals surface area contributed by atoms with E-state index in [1.54, 1.807) is 18.2 Å². The van der Waals surface area contributed by atoms with Crippen molar-refractivity contribution in [2.75, 3.05) is 13.7 Å². The molecule has 29 heavy (non-hydrogen) atoms. The summed E-state index contributed by atoms with van der Waals surface area (Å²) in [4.78, 5) is 29.2. The smallest absolute Gasteiger partial charge is 0.319 e. The lowest BCUT2D eigenvalue weighted by Crippen LogP contribution is -2.44. The molecule has 0 aliphatic carbocycles. The monoisotopic (exact) mass is 413 g/mol. The third kappa shape index (κ3) is 4.31. The van der Waals surface area contributed by atoms with Crippen molar-refractivity contribution in [3.05, 3.63) is 70.2 Å². The number of nitrogens with zero attached hydrogens (tertiary/aromatic N) is 2. The largest absolute Gasteiger partial charge is 0.326 e. The van der Waals surface area contributed by atoms with Gasteiger partial charge < -0.3 is 5.32 Å². The van der Waals surface area contributed by atoms with Crippen LogP contribution in [0, 0.1) is 0 Å². The predicted molar refractivity (Wildman–Crippen MR) is 116 cm³/mol. The number of halogens is 1. The van der Waals surface area contributed by atoms with Gasteiger partial charge in [0.25, 0.3) is 5.91 Å². The first-order valence-electron chi connectivity index (χ1n) is 9.94. The molecule has 2 aromatic carbocycles. The van der Waals surface area contributed by atoms with Crippen LogP contribution in [0.4, 0.5) is 4.79 Å². The van der Waals surface area contributed by atoms with Gasteiger partial charge in [0, 0.05) is 11.6 Å². The van der Waals surface area contributed by atoms with Crippen LogP contribution in [0.3, 0.4) is 0 Å². The van der Waals surface area contributed by atoms with E-state index in [0.29, 0.717) is 29.5 Å². The molecule has 5 nitrogen and oxygen atoms in total. The lowest BCUT2D eigenvalue weighted by atomic mass is 9.87. The van der Waals surface area contributed by atoms with Crippen LogP contribution in [0.5, 0.6) is 0 Å². The van der Waals surface area contributed by atoms with Gasteiger partial charge in [-0.2, -0.15) is 0 Å². The first-order chi connectivity index (χ1) is 13.8. The minimum Gasteiger partial charge on any atom is -0.319 e. The van der Waals surface area contributed by atoms with E-state index in [0.717, 1.165) is 5.56 Å². The van der Waals surface area contributed by atoms with Crippen molar-refractivity contribution >= 4 is 23.5 Å². The Labute approximate surface area is 177 Å². The normalized spacial score (nSPS) is 19.3. The van der Waals surface area contributed by atoms with E-state index in [4.69, 9.17) is 11.6 Å². The Bertz CT molecular complexity index is 897. The van der Waals surface area contributed by atoms with E-state index >= 15 is 0 Å². The molecule has 154 valence electrons. The average Bonchev–Trinajstić information content (AvgIpc) is 2.93. The van der Waals surface area contributed by atoms with Gasteiger partial charge in [0.2, 0.25) is 0 Å². The van der Waals surface area contributed by atoms with Crippen LogP contribution in [0.2, 0.25) is 5.02 Å². The van der Waals surface area contributed by atoms with Gasteiger partial charge in [-0.3, -0.25) is 9.69 Å². The third-order valence-electron chi connectivity index (χ3n) is 5.51. The number of amides is 3. The maximum absolute atomic E-state index is 13.3. The molecule has 0 radical (unpaired) electrons. The average molecular weight is 414 g/mol. The van der Waals surface area contributed by atoms with E-state index < -0.39 is 5.54 Å². The molecule has 1 fully saturated rings. The van der Waals surface area contributed by atoms with E-state index in [2.05, 4.69) is 43.4 Å². The Balaban J connectivity index is 1.74. The molecule has 3 rings (SSSR count). The fourth-order valence-electron chi connectivity index (χ4n) is 3.76. The van der Waals surface area contributed by atoms with E-state index in [-0.39, 0.29) is 18.6 Å². The molecule has 6 heteroatoms. The van der Waals surface area contributed by atoms with Gasteiger partial charge >= 0.3 is 6.03 Å². The first-order valence-corrected chi connectivity index (χ1v) is 10.3. The van der Waals surface area contributed by atoms with Crippen molar-refractivity contribution in [3.8, 4) is 0 Å². The van der Waals surface area contributed by atoms with Crippen LogP contribution in [0.1, 0.15) is 49.8 Å². The highest BCUT2D eigenvalue weighted by Crippen LogP contribution is 2.33. The molecule has 0 spiro atoms. The van der Waals surface area contributed by atoms with Crippen molar-refractivity contribution in [2.45, 2.75) is 45.2 Å².